The van der Waals surface area contributed by atoms with Gasteiger partial charge in [-0.25, -0.2) is 4.68 Å². The molecule has 1 N–H and O–H groups in total. The van der Waals surface area contributed by atoms with E-state index in [-0.39, 0.29) is 5.88 Å². The van der Waals surface area contributed by atoms with Crippen LogP contribution in [0.4, 0.5) is 0 Å². The summed E-state index contributed by atoms with van der Waals surface area (Å²) in [5, 5.41) is 13.9. The fourth-order valence-corrected chi connectivity index (χ4v) is 1.97. The first-order chi connectivity index (χ1) is 7.65. The molecule has 0 saturated carbocycles. The Morgan fingerprint density at radius 2 is 1.94 bits per heavy atom. The maximum absolute atomic E-state index is 9.73. The molecule has 1 aromatic carbocycles. The zero-order valence-corrected chi connectivity index (χ0v) is 9.86. The number of benzene rings is 1. The van der Waals surface area contributed by atoms with Crippen molar-refractivity contribution < 1.29 is 5.11 Å². The zero-order chi connectivity index (χ0) is 11.7. The average Bonchev–Trinajstić information content (AvgIpc) is 2.55. The molecule has 16 heavy (non-hydrogen) atoms. The van der Waals surface area contributed by atoms with Gasteiger partial charge in [0.2, 0.25) is 5.88 Å². The molecule has 0 fully saturated rings. The van der Waals surface area contributed by atoms with Gasteiger partial charge in [-0.1, -0.05) is 25.1 Å². The molecule has 0 aliphatic carbocycles. The lowest BCUT2D eigenvalue weighted by Gasteiger charge is -2.07. The van der Waals surface area contributed by atoms with Gasteiger partial charge in [0.05, 0.1) is 5.69 Å². The van der Waals surface area contributed by atoms with Crippen molar-refractivity contribution in [2.24, 2.45) is 0 Å². The summed E-state index contributed by atoms with van der Waals surface area (Å²) in [7, 11) is 0. The van der Waals surface area contributed by atoms with Crippen LogP contribution in [0, 0.1) is 13.8 Å². The normalized spacial score (nSPS) is 10.7. The number of aryl methyl sites for hydroxylation is 1. The highest BCUT2D eigenvalue weighted by Gasteiger charge is 2.13. The molecule has 0 spiro atoms. The lowest BCUT2D eigenvalue weighted by Crippen LogP contribution is -2.01. The Morgan fingerprint density at radius 1 is 1.25 bits per heavy atom. The van der Waals surface area contributed by atoms with Gasteiger partial charge in [0.1, 0.15) is 0 Å². The predicted molar refractivity (Wildman–Crippen MR) is 64.1 cm³/mol. The van der Waals surface area contributed by atoms with Gasteiger partial charge in [0, 0.05) is 11.3 Å². The molecule has 1 heterocycles. The second-order valence-corrected chi connectivity index (χ2v) is 3.94. The number of para-hydroxylation sites is 1. The Labute approximate surface area is 95.3 Å². The third-order valence-corrected chi connectivity index (χ3v) is 2.92. The molecule has 3 heteroatoms. The van der Waals surface area contributed by atoms with Gasteiger partial charge in [0.15, 0.2) is 0 Å². The topological polar surface area (TPSA) is 38.1 Å². The lowest BCUT2D eigenvalue weighted by molar-refractivity contribution is 0.442. The molecule has 3 nitrogen and oxygen atoms in total. The van der Waals surface area contributed by atoms with Gasteiger partial charge in [-0.2, -0.15) is 0 Å². The van der Waals surface area contributed by atoms with E-state index in [0.29, 0.717) is 0 Å². The van der Waals surface area contributed by atoms with Crippen LogP contribution in [0.25, 0.3) is 5.69 Å². The van der Waals surface area contributed by atoms with Crippen LogP contribution < -0.4 is 0 Å². The molecule has 2 rings (SSSR count). The van der Waals surface area contributed by atoms with Gasteiger partial charge < -0.3 is 5.11 Å². The molecule has 0 saturated heterocycles. The summed E-state index contributed by atoms with van der Waals surface area (Å²) >= 11 is 0. The highest BCUT2D eigenvalue weighted by atomic mass is 16.3. The number of hydrogen-bond donors (Lipinski definition) is 1. The van der Waals surface area contributed by atoms with E-state index in [4.69, 9.17) is 0 Å². The molecule has 0 bridgehead atoms. The molecule has 0 atom stereocenters. The van der Waals surface area contributed by atoms with Crippen LogP contribution in [-0.4, -0.2) is 14.9 Å². The molecule has 1 aromatic heterocycles. The highest BCUT2D eigenvalue weighted by Crippen LogP contribution is 2.24. The highest BCUT2D eigenvalue weighted by molar-refractivity contribution is 5.43. The number of hydrogen-bond acceptors (Lipinski definition) is 2. The van der Waals surface area contributed by atoms with Crippen LogP contribution in [0.15, 0.2) is 24.3 Å². The molecule has 0 radical (unpaired) electrons. The molecule has 0 amide bonds. The minimum atomic E-state index is 0.142. The van der Waals surface area contributed by atoms with Crippen molar-refractivity contribution in [2.75, 3.05) is 0 Å². The van der Waals surface area contributed by atoms with Crippen LogP contribution in [0.5, 0.6) is 5.88 Å². The van der Waals surface area contributed by atoms with Crippen LogP contribution in [0.1, 0.15) is 23.7 Å². The molecule has 84 valence electrons. The molecule has 0 unspecified atom stereocenters. The minimum absolute atomic E-state index is 0.142. The maximum atomic E-state index is 9.73. The maximum Gasteiger partial charge on any atom is 0.234 e. The lowest BCUT2D eigenvalue weighted by atomic mass is 10.1. The summed E-state index contributed by atoms with van der Waals surface area (Å²) in [4.78, 5) is 0. The van der Waals surface area contributed by atoms with Crippen molar-refractivity contribution in [3.8, 4) is 11.6 Å². The largest absolute Gasteiger partial charge is 0.492 e. The Kier molecular flexibility index (Phi) is 2.69. The average molecular weight is 216 g/mol. The zero-order valence-electron chi connectivity index (χ0n) is 9.86. The van der Waals surface area contributed by atoms with Crippen LogP contribution in [0.2, 0.25) is 0 Å². The first kappa shape index (κ1) is 10.7. The Morgan fingerprint density at radius 3 is 2.50 bits per heavy atom. The van der Waals surface area contributed by atoms with E-state index in [9.17, 15) is 5.11 Å². The molecule has 2 aromatic rings. The van der Waals surface area contributed by atoms with Crippen molar-refractivity contribution in [2.45, 2.75) is 27.2 Å². The number of aromatic nitrogens is 2. The summed E-state index contributed by atoms with van der Waals surface area (Å²) in [6.45, 7) is 6.04. The van der Waals surface area contributed by atoms with Crippen molar-refractivity contribution in [1.29, 1.82) is 0 Å². The fourth-order valence-electron chi connectivity index (χ4n) is 1.97. The van der Waals surface area contributed by atoms with Crippen LogP contribution >= 0.6 is 0 Å². The molecule has 0 aliphatic rings. The van der Waals surface area contributed by atoms with Crippen molar-refractivity contribution in [1.82, 2.24) is 9.78 Å². The summed E-state index contributed by atoms with van der Waals surface area (Å²) < 4.78 is 1.81. The van der Waals surface area contributed by atoms with Gasteiger partial charge in [0.25, 0.3) is 0 Å². The van der Waals surface area contributed by atoms with Gasteiger partial charge >= 0.3 is 0 Å². The van der Waals surface area contributed by atoms with E-state index in [1.165, 1.54) is 0 Å². The second kappa shape index (κ2) is 4.00. The number of aromatic hydroxyl groups is 1. The van der Waals surface area contributed by atoms with Crippen LogP contribution in [-0.2, 0) is 6.42 Å². The first-order valence-electron chi connectivity index (χ1n) is 5.48. The number of rotatable bonds is 2. The Bertz CT molecular complexity index is 515. The first-order valence-corrected chi connectivity index (χ1v) is 5.48. The van der Waals surface area contributed by atoms with Crippen molar-refractivity contribution >= 4 is 0 Å². The molecular weight excluding hydrogens is 200 g/mol. The fraction of sp³-hybridized carbons (Fsp3) is 0.308. The summed E-state index contributed by atoms with van der Waals surface area (Å²) in [6, 6.07) is 8.03. The second-order valence-electron chi connectivity index (χ2n) is 3.94. The molecular formula is C13H16N2O. The van der Waals surface area contributed by atoms with Gasteiger partial charge in [-0.05, 0) is 31.9 Å². The quantitative estimate of drug-likeness (QED) is 0.838. The van der Waals surface area contributed by atoms with Crippen molar-refractivity contribution in [3.05, 3.63) is 41.1 Å². The summed E-state index contributed by atoms with van der Waals surface area (Å²) in [5.74, 6) is 0.142. The minimum Gasteiger partial charge on any atom is -0.492 e. The van der Waals surface area contributed by atoms with Gasteiger partial charge in [-0.15, -0.1) is 5.10 Å². The van der Waals surface area contributed by atoms with E-state index in [1.54, 1.807) is 0 Å². The SMILES string of the molecule is CCc1c(O)nn(-c2ccccc2C)c1C. The third-order valence-electron chi connectivity index (χ3n) is 2.92. The van der Waals surface area contributed by atoms with Crippen molar-refractivity contribution in [3.63, 3.8) is 0 Å². The summed E-state index contributed by atoms with van der Waals surface area (Å²) in [6.07, 6.45) is 0.795. The number of nitrogens with zero attached hydrogens (tertiary/aromatic N) is 2. The Balaban J connectivity index is 2.62. The van der Waals surface area contributed by atoms with Gasteiger partial charge in [-0.3, -0.25) is 0 Å². The van der Waals surface area contributed by atoms with E-state index in [0.717, 1.165) is 28.9 Å². The standard InChI is InChI=1S/C13H16N2O/c1-4-11-10(3)15(14-13(11)16)12-8-6-5-7-9(12)2/h5-8H,4H2,1-3H3,(H,14,16). The third kappa shape index (κ3) is 1.58. The smallest absolute Gasteiger partial charge is 0.234 e. The van der Waals surface area contributed by atoms with E-state index < -0.39 is 0 Å². The van der Waals surface area contributed by atoms with E-state index in [2.05, 4.69) is 5.10 Å². The van der Waals surface area contributed by atoms with E-state index in [1.807, 2.05) is 49.7 Å². The molecule has 0 aliphatic heterocycles. The summed E-state index contributed by atoms with van der Waals surface area (Å²) in [5.41, 5.74) is 4.10. The van der Waals surface area contributed by atoms with E-state index >= 15 is 0 Å². The predicted octanol–water partition coefficient (Wildman–Crippen LogP) is 2.76. The monoisotopic (exact) mass is 216 g/mol. The van der Waals surface area contributed by atoms with Crippen LogP contribution in [0.3, 0.4) is 0 Å². The Hall–Kier alpha value is -1.77.